The molecule has 0 unspecified atom stereocenters. The van der Waals surface area contributed by atoms with Gasteiger partial charge in [0.2, 0.25) is 5.91 Å². The summed E-state index contributed by atoms with van der Waals surface area (Å²) in [6.45, 7) is 1.50. The van der Waals surface area contributed by atoms with Crippen LogP contribution in [-0.2, 0) is 4.79 Å². The van der Waals surface area contributed by atoms with Crippen molar-refractivity contribution in [3.05, 3.63) is 59.1 Å². The molecule has 0 saturated carbocycles. The number of thioether (sulfide) groups is 1. The number of carbonyl (C=O) groups is 2. The molecule has 0 spiro atoms. The third kappa shape index (κ3) is 5.20. The third-order valence-corrected chi connectivity index (χ3v) is 4.23. The zero-order valence-electron chi connectivity index (χ0n) is 12.1. The molecule has 0 aliphatic rings. The fourth-order valence-electron chi connectivity index (χ4n) is 1.83. The van der Waals surface area contributed by atoms with Gasteiger partial charge in [-0.2, -0.15) is 0 Å². The lowest BCUT2D eigenvalue weighted by Crippen LogP contribution is -2.12. The van der Waals surface area contributed by atoms with Crippen LogP contribution in [-0.4, -0.2) is 17.4 Å². The molecule has 2 rings (SSSR count). The van der Waals surface area contributed by atoms with Crippen molar-refractivity contribution in [1.29, 1.82) is 0 Å². The number of rotatable bonds is 6. The number of ketones is 1. The highest BCUT2D eigenvalue weighted by Gasteiger charge is 2.05. The van der Waals surface area contributed by atoms with Crippen LogP contribution in [0.4, 0.5) is 5.69 Å². The fourth-order valence-corrected chi connectivity index (χ4v) is 2.81. The second-order valence-electron chi connectivity index (χ2n) is 4.74. The molecule has 0 saturated heterocycles. The van der Waals surface area contributed by atoms with E-state index in [1.807, 2.05) is 24.3 Å². The number of anilines is 1. The molecule has 0 atom stereocenters. The van der Waals surface area contributed by atoms with Gasteiger partial charge in [0.15, 0.2) is 5.78 Å². The summed E-state index contributed by atoms with van der Waals surface area (Å²) in [7, 11) is 0. The predicted molar refractivity (Wildman–Crippen MR) is 91.9 cm³/mol. The topological polar surface area (TPSA) is 46.2 Å². The van der Waals surface area contributed by atoms with E-state index in [1.54, 1.807) is 36.0 Å². The van der Waals surface area contributed by atoms with E-state index in [1.165, 1.54) is 6.92 Å². The lowest BCUT2D eigenvalue weighted by atomic mass is 10.1. The third-order valence-electron chi connectivity index (χ3n) is 2.96. The first-order chi connectivity index (χ1) is 10.5. The van der Waals surface area contributed by atoms with Crippen LogP contribution in [0.25, 0.3) is 0 Å². The van der Waals surface area contributed by atoms with E-state index in [2.05, 4.69) is 5.32 Å². The SMILES string of the molecule is CC(=O)c1cccc(NC(=O)CCSc2ccc(Cl)cc2)c1. The van der Waals surface area contributed by atoms with Crippen LogP contribution in [0.2, 0.25) is 5.02 Å². The smallest absolute Gasteiger partial charge is 0.225 e. The quantitative estimate of drug-likeness (QED) is 0.617. The van der Waals surface area contributed by atoms with Gasteiger partial charge in [-0.05, 0) is 43.3 Å². The number of benzene rings is 2. The van der Waals surface area contributed by atoms with E-state index in [0.29, 0.717) is 28.4 Å². The number of hydrogen-bond donors (Lipinski definition) is 1. The summed E-state index contributed by atoms with van der Waals surface area (Å²) in [5.41, 5.74) is 1.24. The molecule has 114 valence electrons. The highest BCUT2D eigenvalue weighted by atomic mass is 35.5. The number of hydrogen-bond acceptors (Lipinski definition) is 3. The van der Waals surface area contributed by atoms with Crippen LogP contribution in [0.5, 0.6) is 0 Å². The van der Waals surface area contributed by atoms with Gasteiger partial charge < -0.3 is 5.32 Å². The molecular weight excluding hydrogens is 318 g/mol. The molecule has 0 radical (unpaired) electrons. The molecule has 5 heteroatoms. The molecule has 1 N–H and O–H groups in total. The van der Waals surface area contributed by atoms with Gasteiger partial charge in [-0.1, -0.05) is 23.7 Å². The molecule has 3 nitrogen and oxygen atoms in total. The monoisotopic (exact) mass is 333 g/mol. The summed E-state index contributed by atoms with van der Waals surface area (Å²) in [5, 5.41) is 3.51. The van der Waals surface area contributed by atoms with E-state index in [-0.39, 0.29) is 11.7 Å². The Bertz CT molecular complexity index is 671. The molecule has 2 aromatic rings. The Labute approximate surface area is 139 Å². The van der Waals surface area contributed by atoms with Gasteiger partial charge >= 0.3 is 0 Å². The summed E-state index contributed by atoms with van der Waals surface area (Å²) in [4.78, 5) is 24.3. The van der Waals surface area contributed by atoms with Crippen molar-refractivity contribution in [2.45, 2.75) is 18.2 Å². The number of nitrogens with one attached hydrogen (secondary N) is 1. The molecule has 22 heavy (non-hydrogen) atoms. The fraction of sp³-hybridized carbons (Fsp3) is 0.176. The maximum Gasteiger partial charge on any atom is 0.225 e. The molecular formula is C17H16ClNO2S. The minimum absolute atomic E-state index is 0.0191. The summed E-state index contributed by atoms with van der Waals surface area (Å²) in [6, 6.07) is 14.5. The Hall–Kier alpha value is -1.78. The number of amides is 1. The van der Waals surface area contributed by atoms with E-state index in [0.717, 1.165) is 4.90 Å². The molecule has 0 aliphatic carbocycles. The maximum atomic E-state index is 11.9. The maximum absolute atomic E-state index is 11.9. The Kier molecular flexibility index (Phi) is 6.04. The Morgan fingerprint density at radius 1 is 1.14 bits per heavy atom. The van der Waals surface area contributed by atoms with Crippen molar-refractivity contribution < 1.29 is 9.59 Å². The lowest BCUT2D eigenvalue weighted by Gasteiger charge is -2.06. The first-order valence-electron chi connectivity index (χ1n) is 6.84. The zero-order chi connectivity index (χ0) is 15.9. The number of carbonyl (C=O) groups excluding carboxylic acids is 2. The molecule has 0 heterocycles. The van der Waals surface area contributed by atoms with Crippen LogP contribution < -0.4 is 5.32 Å². The van der Waals surface area contributed by atoms with Crippen LogP contribution in [0, 0.1) is 0 Å². The van der Waals surface area contributed by atoms with Crippen molar-refractivity contribution in [1.82, 2.24) is 0 Å². The van der Waals surface area contributed by atoms with Gasteiger partial charge in [0.25, 0.3) is 0 Å². The largest absolute Gasteiger partial charge is 0.326 e. The zero-order valence-corrected chi connectivity index (χ0v) is 13.7. The van der Waals surface area contributed by atoms with Crippen LogP contribution in [0.1, 0.15) is 23.7 Å². The van der Waals surface area contributed by atoms with Crippen molar-refractivity contribution in [3.8, 4) is 0 Å². The highest BCUT2D eigenvalue weighted by Crippen LogP contribution is 2.21. The molecule has 1 amide bonds. The van der Waals surface area contributed by atoms with Gasteiger partial charge in [0, 0.05) is 33.3 Å². The van der Waals surface area contributed by atoms with Gasteiger partial charge in [-0.15, -0.1) is 11.8 Å². The van der Waals surface area contributed by atoms with Crippen molar-refractivity contribution in [2.75, 3.05) is 11.1 Å². The Balaban J connectivity index is 1.81. The molecule has 0 bridgehead atoms. The first-order valence-corrected chi connectivity index (χ1v) is 8.20. The normalized spacial score (nSPS) is 10.3. The lowest BCUT2D eigenvalue weighted by molar-refractivity contribution is -0.115. The van der Waals surface area contributed by atoms with E-state index in [4.69, 9.17) is 11.6 Å². The first kappa shape index (κ1) is 16.6. The summed E-state index contributed by atoms with van der Waals surface area (Å²) >= 11 is 7.43. The average molecular weight is 334 g/mol. The van der Waals surface area contributed by atoms with Gasteiger partial charge in [0.1, 0.15) is 0 Å². The van der Waals surface area contributed by atoms with Crippen LogP contribution in [0.3, 0.4) is 0 Å². The molecule has 0 fully saturated rings. The van der Waals surface area contributed by atoms with Crippen molar-refractivity contribution in [2.24, 2.45) is 0 Å². The highest BCUT2D eigenvalue weighted by molar-refractivity contribution is 7.99. The van der Waals surface area contributed by atoms with E-state index in [9.17, 15) is 9.59 Å². The molecule has 0 aromatic heterocycles. The average Bonchev–Trinajstić information content (AvgIpc) is 2.49. The Morgan fingerprint density at radius 2 is 1.86 bits per heavy atom. The van der Waals surface area contributed by atoms with Gasteiger partial charge in [-0.25, -0.2) is 0 Å². The molecule has 2 aromatic carbocycles. The summed E-state index contributed by atoms with van der Waals surface area (Å²) < 4.78 is 0. The standard InChI is InChI=1S/C17H16ClNO2S/c1-12(20)13-3-2-4-15(11-13)19-17(21)9-10-22-16-7-5-14(18)6-8-16/h2-8,11H,9-10H2,1H3,(H,19,21). The van der Waals surface area contributed by atoms with Crippen LogP contribution in [0.15, 0.2) is 53.4 Å². The second kappa shape index (κ2) is 8.01. The van der Waals surface area contributed by atoms with Crippen molar-refractivity contribution in [3.63, 3.8) is 0 Å². The summed E-state index contributed by atoms with van der Waals surface area (Å²) in [5.74, 6) is 0.594. The second-order valence-corrected chi connectivity index (χ2v) is 6.34. The van der Waals surface area contributed by atoms with Gasteiger partial charge in [-0.3, -0.25) is 9.59 Å². The minimum Gasteiger partial charge on any atom is -0.326 e. The van der Waals surface area contributed by atoms with Crippen molar-refractivity contribution >= 4 is 40.7 Å². The predicted octanol–water partition coefficient (Wildman–Crippen LogP) is 4.66. The van der Waals surface area contributed by atoms with E-state index >= 15 is 0 Å². The summed E-state index contributed by atoms with van der Waals surface area (Å²) in [6.07, 6.45) is 0.400. The van der Waals surface area contributed by atoms with Crippen LogP contribution >= 0.6 is 23.4 Å². The Morgan fingerprint density at radius 3 is 2.55 bits per heavy atom. The van der Waals surface area contributed by atoms with Gasteiger partial charge in [0.05, 0.1) is 0 Å². The minimum atomic E-state index is -0.0674. The van der Waals surface area contributed by atoms with E-state index < -0.39 is 0 Å². The number of Topliss-reactive ketones (excluding diaryl/α,β-unsaturated/α-hetero) is 1. The molecule has 0 aliphatic heterocycles. The number of halogens is 1.